The van der Waals surface area contributed by atoms with Crippen LogP contribution in [0.3, 0.4) is 0 Å². The van der Waals surface area contributed by atoms with Crippen LogP contribution in [0.25, 0.3) is 88.3 Å². The molecular weight excluding hydrogens is 883 g/mol. The van der Waals surface area contributed by atoms with E-state index in [1.807, 2.05) is 12.1 Å². The van der Waals surface area contributed by atoms with E-state index in [0.29, 0.717) is 0 Å². The van der Waals surface area contributed by atoms with Gasteiger partial charge in [0.05, 0.1) is 5.41 Å². The smallest absolute Gasteiger partial charge is 0.136 e. The fraction of sp³-hybridized carbons (Fsp3) is 0.0141. The molecule has 2 nitrogen and oxygen atoms in total. The lowest BCUT2D eigenvalue weighted by Gasteiger charge is -2.35. The van der Waals surface area contributed by atoms with E-state index in [4.69, 9.17) is 4.42 Å². The van der Waals surface area contributed by atoms with Gasteiger partial charge in [0.15, 0.2) is 0 Å². The van der Waals surface area contributed by atoms with Crippen LogP contribution >= 0.6 is 0 Å². The first kappa shape index (κ1) is 42.4. The molecular formula is C71H47NO. The zero-order chi connectivity index (χ0) is 48.3. The maximum atomic E-state index is 6.33. The van der Waals surface area contributed by atoms with Crippen molar-refractivity contribution < 1.29 is 4.42 Å². The van der Waals surface area contributed by atoms with Crippen molar-refractivity contribution in [2.45, 2.75) is 5.41 Å². The summed E-state index contributed by atoms with van der Waals surface area (Å²) in [4.78, 5) is 2.42. The van der Waals surface area contributed by atoms with Crippen molar-refractivity contribution in [3.8, 4) is 55.6 Å². The first-order valence-corrected chi connectivity index (χ1v) is 25.1. The lowest BCUT2D eigenvalue weighted by atomic mass is 9.67. The van der Waals surface area contributed by atoms with E-state index in [2.05, 4.69) is 278 Å². The maximum absolute atomic E-state index is 6.33. The van der Waals surface area contributed by atoms with E-state index in [0.717, 1.165) is 50.1 Å². The zero-order valence-electron chi connectivity index (χ0n) is 40.0. The molecule has 342 valence electrons. The molecule has 2 heteroatoms. The Bertz CT molecular complexity index is 4130. The summed E-state index contributed by atoms with van der Waals surface area (Å²) < 4.78 is 6.33. The summed E-state index contributed by atoms with van der Waals surface area (Å²) in [5.41, 5.74) is 21.3. The number of fused-ring (bicyclic) bond motifs is 7. The minimum absolute atomic E-state index is 0.634. The summed E-state index contributed by atoms with van der Waals surface area (Å²) in [7, 11) is 0. The van der Waals surface area contributed by atoms with Gasteiger partial charge < -0.3 is 9.32 Å². The molecule has 1 aromatic heterocycles. The minimum atomic E-state index is -0.634. The van der Waals surface area contributed by atoms with Gasteiger partial charge in [-0.05, 0) is 149 Å². The highest BCUT2D eigenvalue weighted by molar-refractivity contribution is 6.12. The Morgan fingerprint density at radius 1 is 0.274 bits per heavy atom. The van der Waals surface area contributed by atoms with Crippen LogP contribution in [0.1, 0.15) is 22.3 Å². The van der Waals surface area contributed by atoms with Crippen LogP contribution in [0.15, 0.2) is 290 Å². The Kier molecular flexibility index (Phi) is 10.1. The topological polar surface area (TPSA) is 16.4 Å². The van der Waals surface area contributed by atoms with Gasteiger partial charge in [-0.3, -0.25) is 0 Å². The fourth-order valence-corrected chi connectivity index (χ4v) is 11.8. The summed E-state index contributed by atoms with van der Waals surface area (Å²) in [5, 5.41) is 4.76. The van der Waals surface area contributed by atoms with Crippen LogP contribution < -0.4 is 4.90 Å². The van der Waals surface area contributed by atoms with Gasteiger partial charge in [-0.1, -0.05) is 224 Å². The highest BCUT2D eigenvalue weighted by Crippen LogP contribution is 2.58. The number of hydrogen-bond donors (Lipinski definition) is 0. The second-order valence-electron chi connectivity index (χ2n) is 19.2. The van der Waals surface area contributed by atoms with Gasteiger partial charge in [0.2, 0.25) is 0 Å². The van der Waals surface area contributed by atoms with Crippen molar-refractivity contribution in [3.05, 3.63) is 307 Å². The Labute approximate surface area is 425 Å². The molecule has 0 bridgehead atoms. The molecule has 73 heavy (non-hydrogen) atoms. The number of para-hydroxylation sites is 1. The molecule has 13 aromatic rings. The van der Waals surface area contributed by atoms with Gasteiger partial charge in [0, 0.05) is 27.8 Å². The molecule has 0 amide bonds. The first-order chi connectivity index (χ1) is 36.2. The molecule has 0 unspecified atom stereocenters. The van der Waals surface area contributed by atoms with Gasteiger partial charge >= 0.3 is 0 Å². The average molecular weight is 930 g/mol. The molecule has 0 saturated heterocycles. The summed E-state index contributed by atoms with van der Waals surface area (Å²) in [6.45, 7) is 0. The van der Waals surface area contributed by atoms with Gasteiger partial charge in [0.25, 0.3) is 0 Å². The second kappa shape index (κ2) is 17.4. The number of hydrogen-bond acceptors (Lipinski definition) is 2. The van der Waals surface area contributed by atoms with Gasteiger partial charge in [-0.25, -0.2) is 0 Å². The third kappa shape index (κ3) is 7.02. The zero-order valence-corrected chi connectivity index (χ0v) is 40.0. The second-order valence-corrected chi connectivity index (χ2v) is 19.2. The standard InChI is InChI=1S/C71H47NO/c1-4-17-48(18-5-1)49-33-38-57(39-34-49)72(58-40-35-51(36-41-58)62-30-16-32-69-70(62)65-28-12-13-31-68(65)73-69)59-42-44-64-63-43-37-53(52-21-14-22-54(45-52)61-29-15-20-50-19-10-11-27-60(50)61)46-66(63)71(67(64)47-59,55-23-6-2-7-24-55)56-25-8-3-9-26-56/h1-47H. The number of furan rings is 1. The van der Waals surface area contributed by atoms with Gasteiger partial charge in [-0.15, -0.1) is 0 Å². The molecule has 0 radical (unpaired) electrons. The minimum Gasteiger partial charge on any atom is -0.456 e. The molecule has 0 N–H and O–H groups in total. The third-order valence-electron chi connectivity index (χ3n) is 15.2. The van der Waals surface area contributed by atoms with E-state index in [-0.39, 0.29) is 0 Å². The largest absolute Gasteiger partial charge is 0.456 e. The van der Waals surface area contributed by atoms with Crippen molar-refractivity contribution in [1.82, 2.24) is 0 Å². The summed E-state index contributed by atoms with van der Waals surface area (Å²) in [5.74, 6) is 0. The van der Waals surface area contributed by atoms with E-state index < -0.39 is 5.41 Å². The lowest BCUT2D eigenvalue weighted by molar-refractivity contribution is 0.669. The van der Waals surface area contributed by atoms with Crippen molar-refractivity contribution in [3.63, 3.8) is 0 Å². The molecule has 1 aliphatic rings. The molecule has 0 spiro atoms. The van der Waals surface area contributed by atoms with Crippen molar-refractivity contribution in [1.29, 1.82) is 0 Å². The summed E-state index contributed by atoms with van der Waals surface area (Å²) in [6.07, 6.45) is 0. The fourth-order valence-electron chi connectivity index (χ4n) is 11.8. The van der Waals surface area contributed by atoms with Crippen molar-refractivity contribution >= 4 is 49.8 Å². The highest BCUT2D eigenvalue weighted by Gasteiger charge is 2.46. The number of benzene rings is 12. The lowest BCUT2D eigenvalue weighted by Crippen LogP contribution is -2.28. The van der Waals surface area contributed by atoms with Crippen LogP contribution in [-0.4, -0.2) is 0 Å². The SMILES string of the molecule is c1ccc(-c2ccc(N(c3ccc(-c4cccc5oc6ccccc6c45)cc3)c3ccc4c(c3)C(c3ccccc3)(c3ccccc3)c3cc(-c5cccc(-c6cccc7ccccc67)c5)ccc3-4)cc2)cc1. The predicted molar refractivity (Wildman–Crippen MR) is 305 cm³/mol. The van der Waals surface area contributed by atoms with Crippen LogP contribution in [0.2, 0.25) is 0 Å². The number of nitrogens with zero attached hydrogens (tertiary/aromatic N) is 1. The van der Waals surface area contributed by atoms with Gasteiger partial charge in [0.1, 0.15) is 11.2 Å². The van der Waals surface area contributed by atoms with E-state index in [1.54, 1.807) is 0 Å². The molecule has 1 heterocycles. The number of anilines is 3. The van der Waals surface area contributed by atoms with E-state index in [9.17, 15) is 0 Å². The normalized spacial score (nSPS) is 12.5. The first-order valence-electron chi connectivity index (χ1n) is 25.1. The molecule has 0 aliphatic heterocycles. The Morgan fingerprint density at radius 3 is 1.49 bits per heavy atom. The molecule has 0 atom stereocenters. The predicted octanol–water partition coefficient (Wildman–Crippen LogP) is 19.2. The Hall–Kier alpha value is -9.50. The van der Waals surface area contributed by atoms with Crippen LogP contribution in [0.4, 0.5) is 17.1 Å². The third-order valence-corrected chi connectivity index (χ3v) is 15.2. The molecule has 12 aromatic carbocycles. The van der Waals surface area contributed by atoms with Crippen molar-refractivity contribution in [2.75, 3.05) is 4.90 Å². The molecule has 0 saturated carbocycles. The van der Waals surface area contributed by atoms with E-state index >= 15 is 0 Å². The van der Waals surface area contributed by atoms with Crippen LogP contribution in [0, 0.1) is 0 Å². The Balaban J connectivity index is 0.948. The number of rotatable bonds is 9. The van der Waals surface area contributed by atoms with Crippen LogP contribution in [-0.2, 0) is 5.41 Å². The quantitative estimate of drug-likeness (QED) is 0.143. The monoisotopic (exact) mass is 929 g/mol. The van der Waals surface area contributed by atoms with Crippen molar-refractivity contribution in [2.24, 2.45) is 0 Å². The molecule has 0 fully saturated rings. The molecule has 14 rings (SSSR count). The molecule has 1 aliphatic carbocycles. The summed E-state index contributed by atoms with van der Waals surface area (Å²) >= 11 is 0. The Morgan fingerprint density at radius 2 is 0.753 bits per heavy atom. The summed E-state index contributed by atoms with van der Waals surface area (Å²) in [6, 6.07) is 104. The maximum Gasteiger partial charge on any atom is 0.136 e. The van der Waals surface area contributed by atoms with Gasteiger partial charge in [-0.2, -0.15) is 0 Å². The van der Waals surface area contributed by atoms with E-state index in [1.165, 1.54) is 77.5 Å². The average Bonchev–Trinajstić information content (AvgIpc) is 4.05. The highest BCUT2D eigenvalue weighted by atomic mass is 16.3. The van der Waals surface area contributed by atoms with Crippen LogP contribution in [0.5, 0.6) is 0 Å².